The number of pyridine rings is 1. The lowest BCUT2D eigenvalue weighted by atomic mass is 10.2. The quantitative estimate of drug-likeness (QED) is 0.463. The van der Waals surface area contributed by atoms with Crippen molar-refractivity contribution in [3.05, 3.63) is 83.8 Å². The molecule has 5 nitrogen and oxygen atoms in total. The highest BCUT2D eigenvalue weighted by Gasteiger charge is 2.30. The zero-order valence-electron chi connectivity index (χ0n) is 17.3. The van der Waals surface area contributed by atoms with Crippen LogP contribution in [0.4, 0.5) is 10.1 Å². The van der Waals surface area contributed by atoms with E-state index in [4.69, 9.17) is 0 Å². The molecule has 1 saturated carbocycles. The summed E-state index contributed by atoms with van der Waals surface area (Å²) in [5.74, 6) is -0.129. The second-order valence-electron chi connectivity index (χ2n) is 7.70. The summed E-state index contributed by atoms with van der Waals surface area (Å²) in [6.45, 7) is 0. The fourth-order valence-corrected chi connectivity index (χ4v) is 6.60. The van der Waals surface area contributed by atoms with Gasteiger partial charge in [-0.3, -0.25) is 4.79 Å². The summed E-state index contributed by atoms with van der Waals surface area (Å²) in [6, 6.07) is 16.0. The first kappa shape index (κ1) is 22.5. The van der Waals surface area contributed by atoms with E-state index in [9.17, 15) is 17.6 Å². The maximum atomic E-state index is 13.1. The zero-order chi connectivity index (χ0) is 22.6. The number of amides is 1. The number of thioether (sulfide) groups is 1. The molecule has 1 aliphatic carbocycles. The third-order valence-electron chi connectivity index (χ3n) is 5.47. The van der Waals surface area contributed by atoms with E-state index in [-0.39, 0.29) is 21.9 Å². The SMILES string of the molecule is O=C(Nc1cccc(S(=O)(=O)C2CCCC2)c1)c1cccnc1SCc1ccc(F)cc1. The van der Waals surface area contributed by atoms with Gasteiger partial charge in [-0.25, -0.2) is 17.8 Å². The van der Waals surface area contributed by atoms with Crippen LogP contribution in [0.5, 0.6) is 0 Å². The van der Waals surface area contributed by atoms with Crippen LogP contribution in [0.1, 0.15) is 41.6 Å². The van der Waals surface area contributed by atoms with E-state index >= 15 is 0 Å². The minimum absolute atomic E-state index is 0.235. The molecule has 1 heterocycles. The number of hydrogen-bond donors (Lipinski definition) is 1. The summed E-state index contributed by atoms with van der Waals surface area (Å²) in [4.78, 5) is 17.5. The van der Waals surface area contributed by atoms with E-state index in [1.165, 1.54) is 30.0 Å². The van der Waals surface area contributed by atoms with Crippen LogP contribution in [0.3, 0.4) is 0 Å². The number of anilines is 1. The molecule has 0 aliphatic heterocycles. The highest BCUT2D eigenvalue weighted by Crippen LogP contribution is 2.31. The van der Waals surface area contributed by atoms with Crippen molar-refractivity contribution < 1.29 is 17.6 Å². The lowest BCUT2D eigenvalue weighted by Crippen LogP contribution is -2.18. The third kappa shape index (κ3) is 5.19. The van der Waals surface area contributed by atoms with E-state index in [1.807, 2.05) is 0 Å². The van der Waals surface area contributed by atoms with Crippen LogP contribution < -0.4 is 5.32 Å². The first-order chi connectivity index (χ1) is 15.4. The number of nitrogens with zero attached hydrogens (tertiary/aromatic N) is 1. The van der Waals surface area contributed by atoms with Crippen LogP contribution in [0.25, 0.3) is 0 Å². The van der Waals surface area contributed by atoms with Crippen molar-refractivity contribution in [2.45, 2.75) is 46.6 Å². The molecule has 0 atom stereocenters. The van der Waals surface area contributed by atoms with Gasteiger partial charge in [0.25, 0.3) is 5.91 Å². The molecule has 0 spiro atoms. The molecular weight excluding hydrogens is 447 g/mol. The number of carbonyl (C=O) groups is 1. The van der Waals surface area contributed by atoms with E-state index in [2.05, 4.69) is 10.3 Å². The highest BCUT2D eigenvalue weighted by molar-refractivity contribution is 7.98. The minimum Gasteiger partial charge on any atom is -0.322 e. The maximum Gasteiger partial charge on any atom is 0.258 e. The summed E-state index contributed by atoms with van der Waals surface area (Å²) in [6.07, 6.45) is 4.84. The predicted octanol–water partition coefficient (Wildman–Crippen LogP) is 5.48. The fraction of sp³-hybridized carbons (Fsp3) is 0.250. The lowest BCUT2D eigenvalue weighted by molar-refractivity contribution is 0.102. The molecule has 0 radical (unpaired) electrons. The first-order valence-corrected chi connectivity index (χ1v) is 12.9. The molecule has 1 aliphatic rings. The Kier molecular flexibility index (Phi) is 6.91. The molecule has 1 N–H and O–H groups in total. The first-order valence-electron chi connectivity index (χ1n) is 10.4. The predicted molar refractivity (Wildman–Crippen MR) is 124 cm³/mol. The number of nitrogens with one attached hydrogen (secondary N) is 1. The van der Waals surface area contributed by atoms with Gasteiger partial charge in [0.2, 0.25) is 0 Å². The standard InChI is InChI=1S/C24H23FN2O3S2/c25-18-12-10-17(11-13-18)16-31-24-22(9-4-14-26-24)23(28)27-19-5-3-8-21(15-19)32(29,30)20-6-1-2-7-20/h3-5,8-15,20H,1-2,6-7,16H2,(H,27,28). The van der Waals surface area contributed by atoms with E-state index in [0.29, 0.717) is 34.9 Å². The molecule has 3 aromatic rings. The van der Waals surface area contributed by atoms with Gasteiger partial charge >= 0.3 is 0 Å². The average molecular weight is 471 g/mol. The molecule has 32 heavy (non-hydrogen) atoms. The van der Waals surface area contributed by atoms with Gasteiger partial charge in [0.15, 0.2) is 9.84 Å². The Balaban J connectivity index is 1.49. The molecule has 1 aromatic heterocycles. The van der Waals surface area contributed by atoms with Gasteiger partial charge in [-0.05, 0) is 60.9 Å². The fourth-order valence-electron chi connectivity index (χ4n) is 3.75. The molecule has 1 fully saturated rings. The van der Waals surface area contributed by atoms with Crippen molar-refractivity contribution in [3.63, 3.8) is 0 Å². The average Bonchev–Trinajstić information content (AvgIpc) is 3.35. The van der Waals surface area contributed by atoms with Gasteiger partial charge in [0, 0.05) is 17.6 Å². The molecule has 8 heteroatoms. The van der Waals surface area contributed by atoms with Crippen molar-refractivity contribution in [3.8, 4) is 0 Å². The van der Waals surface area contributed by atoms with Gasteiger partial charge in [-0.15, -0.1) is 11.8 Å². The van der Waals surface area contributed by atoms with Gasteiger partial charge in [-0.1, -0.05) is 31.0 Å². The van der Waals surface area contributed by atoms with E-state index < -0.39 is 9.84 Å². The summed E-state index contributed by atoms with van der Waals surface area (Å²) in [7, 11) is -3.41. The monoisotopic (exact) mass is 470 g/mol. The van der Waals surface area contributed by atoms with Crippen LogP contribution in [0.15, 0.2) is 76.8 Å². The van der Waals surface area contributed by atoms with E-state index in [0.717, 1.165) is 18.4 Å². The third-order valence-corrected chi connectivity index (χ3v) is 8.80. The van der Waals surface area contributed by atoms with Crippen molar-refractivity contribution in [1.82, 2.24) is 4.98 Å². The van der Waals surface area contributed by atoms with Gasteiger partial charge in [0.1, 0.15) is 10.8 Å². The normalized spacial score (nSPS) is 14.4. The smallest absolute Gasteiger partial charge is 0.258 e. The number of rotatable bonds is 7. The van der Waals surface area contributed by atoms with Gasteiger partial charge < -0.3 is 5.32 Å². The lowest BCUT2D eigenvalue weighted by Gasteiger charge is -2.13. The number of benzene rings is 2. The van der Waals surface area contributed by atoms with Gasteiger partial charge in [0.05, 0.1) is 15.7 Å². The van der Waals surface area contributed by atoms with Crippen molar-refractivity contribution in [1.29, 1.82) is 0 Å². The number of sulfone groups is 1. The zero-order valence-corrected chi connectivity index (χ0v) is 19.0. The van der Waals surface area contributed by atoms with Crippen LogP contribution >= 0.6 is 11.8 Å². The molecule has 0 unspecified atom stereocenters. The Hall–Kier alpha value is -2.71. The number of carbonyl (C=O) groups excluding carboxylic acids is 1. The summed E-state index contributed by atoms with van der Waals surface area (Å²) in [5, 5.41) is 3.00. The highest BCUT2D eigenvalue weighted by atomic mass is 32.2. The minimum atomic E-state index is -3.41. The van der Waals surface area contributed by atoms with Crippen molar-refractivity contribution in [2.24, 2.45) is 0 Å². The van der Waals surface area contributed by atoms with Crippen LogP contribution in [-0.2, 0) is 15.6 Å². The molecule has 2 aromatic carbocycles. The molecule has 1 amide bonds. The Labute approximate surface area is 191 Å². The molecular formula is C24H23FN2O3S2. The second kappa shape index (κ2) is 9.83. The van der Waals surface area contributed by atoms with Crippen LogP contribution in [0.2, 0.25) is 0 Å². The Morgan fingerprint density at radius 2 is 1.81 bits per heavy atom. The summed E-state index contributed by atoms with van der Waals surface area (Å²) in [5.41, 5.74) is 1.73. The molecule has 166 valence electrons. The number of hydrogen-bond acceptors (Lipinski definition) is 5. The molecule has 0 saturated heterocycles. The van der Waals surface area contributed by atoms with Crippen molar-refractivity contribution >= 4 is 33.2 Å². The van der Waals surface area contributed by atoms with Gasteiger partial charge in [-0.2, -0.15) is 0 Å². The molecule has 0 bridgehead atoms. The van der Waals surface area contributed by atoms with Crippen LogP contribution in [-0.4, -0.2) is 24.6 Å². The Morgan fingerprint density at radius 1 is 1.06 bits per heavy atom. The topological polar surface area (TPSA) is 76.1 Å². The second-order valence-corrected chi connectivity index (χ2v) is 10.9. The number of halogens is 1. The number of aromatic nitrogens is 1. The molecule has 4 rings (SSSR count). The van der Waals surface area contributed by atoms with Crippen LogP contribution in [0, 0.1) is 5.82 Å². The van der Waals surface area contributed by atoms with E-state index in [1.54, 1.807) is 48.7 Å². The maximum absolute atomic E-state index is 13.1. The summed E-state index contributed by atoms with van der Waals surface area (Å²) >= 11 is 1.38. The Bertz CT molecular complexity index is 1210. The largest absolute Gasteiger partial charge is 0.322 e. The Morgan fingerprint density at radius 3 is 2.56 bits per heavy atom. The van der Waals surface area contributed by atoms with Crippen molar-refractivity contribution in [2.75, 3.05) is 5.32 Å². The summed E-state index contributed by atoms with van der Waals surface area (Å²) < 4.78 is 38.9.